The summed E-state index contributed by atoms with van der Waals surface area (Å²) in [4.78, 5) is 4.58. The maximum absolute atomic E-state index is 13.1. The van der Waals surface area contributed by atoms with Crippen LogP contribution < -0.4 is 0 Å². The van der Waals surface area contributed by atoms with Crippen molar-refractivity contribution < 1.29 is 4.39 Å². The lowest BCUT2D eigenvalue weighted by molar-refractivity contribution is 0.628. The van der Waals surface area contributed by atoms with Gasteiger partial charge in [-0.15, -0.1) is 0 Å². The minimum absolute atomic E-state index is 0.240. The van der Waals surface area contributed by atoms with E-state index >= 15 is 0 Å². The van der Waals surface area contributed by atoms with Crippen LogP contribution in [0, 0.1) is 11.7 Å². The fourth-order valence-electron chi connectivity index (χ4n) is 2.70. The minimum Gasteiger partial charge on any atom is -0.213 e. The molecule has 2 aromatic heterocycles. The maximum Gasteiger partial charge on any atom is 0.156 e. The van der Waals surface area contributed by atoms with Crippen molar-refractivity contribution in [2.45, 2.75) is 19.3 Å². The van der Waals surface area contributed by atoms with Gasteiger partial charge in [0.1, 0.15) is 5.82 Å². The van der Waals surface area contributed by atoms with Crippen molar-refractivity contribution in [2.75, 3.05) is 0 Å². The van der Waals surface area contributed by atoms with Crippen molar-refractivity contribution >= 4 is 5.65 Å². The third kappa shape index (κ3) is 2.41. The molecule has 3 nitrogen and oxygen atoms in total. The highest BCUT2D eigenvalue weighted by atomic mass is 19.1. The van der Waals surface area contributed by atoms with Gasteiger partial charge in [0.05, 0.1) is 5.69 Å². The first kappa shape index (κ1) is 13.2. The van der Waals surface area contributed by atoms with Gasteiger partial charge in [0.25, 0.3) is 0 Å². The molecule has 1 aromatic carbocycles. The van der Waals surface area contributed by atoms with E-state index in [1.165, 1.54) is 30.5 Å². The van der Waals surface area contributed by atoms with Gasteiger partial charge in [-0.05, 0) is 55.2 Å². The van der Waals surface area contributed by atoms with Gasteiger partial charge in [-0.25, -0.2) is 13.9 Å². The molecule has 110 valence electrons. The summed E-state index contributed by atoms with van der Waals surface area (Å²) in [5.74, 6) is 1.21. The highest BCUT2D eigenvalue weighted by Gasteiger charge is 2.25. The number of aromatic nitrogens is 3. The van der Waals surface area contributed by atoms with Crippen molar-refractivity contribution in [3.8, 4) is 11.3 Å². The second-order valence-electron chi connectivity index (χ2n) is 5.83. The molecule has 1 saturated carbocycles. The van der Waals surface area contributed by atoms with E-state index in [9.17, 15) is 4.39 Å². The Balaban J connectivity index is 1.74. The number of halogens is 1. The lowest BCUT2D eigenvalue weighted by Crippen LogP contribution is -1.96. The Morgan fingerprint density at radius 1 is 1.18 bits per heavy atom. The van der Waals surface area contributed by atoms with Crippen molar-refractivity contribution in [2.24, 2.45) is 5.92 Å². The third-order valence-electron chi connectivity index (χ3n) is 4.08. The molecule has 0 bridgehead atoms. The minimum atomic E-state index is -0.240. The van der Waals surface area contributed by atoms with Crippen molar-refractivity contribution in [3.05, 3.63) is 66.3 Å². The zero-order valence-electron chi connectivity index (χ0n) is 12.2. The number of pyridine rings is 1. The van der Waals surface area contributed by atoms with Crippen LogP contribution in [0.2, 0.25) is 0 Å². The predicted molar refractivity (Wildman–Crippen MR) is 83.9 cm³/mol. The number of rotatable bonds is 4. The van der Waals surface area contributed by atoms with Crippen LogP contribution in [0.1, 0.15) is 18.7 Å². The van der Waals surface area contributed by atoms with Crippen LogP contribution in [0.15, 0.2) is 54.6 Å². The van der Waals surface area contributed by atoms with E-state index in [2.05, 4.69) is 16.7 Å². The molecule has 0 aliphatic heterocycles. The number of hydrogen-bond donors (Lipinski definition) is 0. The zero-order valence-corrected chi connectivity index (χ0v) is 12.2. The summed E-state index contributed by atoms with van der Waals surface area (Å²) in [6, 6.07) is 12.3. The largest absolute Gasteiger partial charge is 0.213 e. The Bertz CT molecular complexity index is 844. The molecule has 0 N–H and O–H groups in total. The molecule has 1 fully saturated rings. The Labute approximate surface area is 128 Å². The second kappa shape index (κ2) is 5.05. The van der Waals surface area contributed by atoms with E-state index < -0.39 is 0 Å². The fourth-order valence-corrected chi connectivity index (χ4v) is 2.70. The van der Waals surface area contributed by atoms with E-state index in [1.807, 2.05) is 22.7 Å². The highest BCUT2D eigenvalue weighted by molar-refractivity contribution is 5.62. The lowest BCUT2D eigenvalue weighted by atomic mass is 10.1. The first-order chi connectivity index (χ1) is 10.7. The summed E-state index contributed by atoms with van der Waals surface area (Å²) in [6.45, 7) is 4.14. The molecule has 2 heterocycles. The monoisotopic (exact) mass is 293 g/mol. The molecule has 0 saturated heterocycles. The molecule has 0 spiro atoms. The zero-order chi connectivity index (χ0) is 15.1. The molecule has 0 atom stereocenters. The fraction of sp³-hybridized carbons (Fsp3) is 0.222. The maximum atomic E-state index is 13.1. The van der Waals surface area contributed by atoms with Crippen LogP contribution in [-0.4, -0.2) is 14.6 Å². The average molecular weight is 293 g/mol. The van der Waals surface area contributed by atoms with E-state index in [-0.39, 0.29) is 5.82 Å². The average Bonchev–Trinajstić information content (AvgIpc) is 3.28. The summed E-state index contributed by atoms with van der Waals surface area (Å²) in [5, 5.41) is 4.61. The van der Waals surface area contributed by atoms with Crippen LogP contribution in [0.3, 0.4) is 0 Å². The molecule has 0 unspecified atom stereocenters. The lowest BCUT2D eigenvalue weighted by Gasteiger charge is -2.03. The van der Waals surface area contributed by atoms with E-state index in [4.69, 9.17) is 0 Å². The summed E-state index contributed by atoms with van der Waals surface area (Å²) >= 11 is 0. The van der Waals surface area contributed by atoms with Crippen molar-refractivity contribution in [3.63, 3.8) is 0 Å². The smallest absolute Gasteiger partial charge is 0.156 e. The van der Waals surface area contributed by atoms with Gasteiger partial charge in [0, 0.05) is 12.0 Å². The normalized spacial score (nSPS) is 14.4. The molecule has 4 rings (SSSR count). The molecular formula is C18H16FN3. The highest BCUT2D eigenvalue weighted by Crippen LogP contribution is 2.36. The molecule has 1 aliphatic carbocycles. The van der Waals surface area contributed by atoms with Crippen LogP contribution in [0.25, 0.3) is 16.9 Å². The Kier molecular flexibility index (Phi) is 3.03. The van der Waals surface area contributed by atoms with Crippen LogP contribution in [0.4, 0.5) is 4.39 Å². The molecule has 4 heteroatoms. The second-order valence-corrected chi connectivity index (χ2v) is 5.83. The molecule has 0 amide bonds. The van der Waals surface area contributed by atoms with Gasteiger partial charge in [-0.3, -0.25) is 0 Å². The third-order valence-corrected chi connectivity index (χ3v) is 4.08. The van der Waals surface area contributed by atoms with Gasteiger partial charge in [0.2, 0.25) is 0 Å². The van der Waals surface area contributed by atoms with Gasteiger partial charge in [-0.1, -0.05) is 18.2 Å². The van der Waals surface area contributed by atoms with Crippen molar-refractivity contribution in [1.82, 2.24) is 14.6 Å². The molecule has 1 aliphatic rings. The predicted octanol–water partition coefficient (Wildman–Crippen LogP) is 4.04. The van der Waals surface area contributed by atoms with Crippen LogP contribution >= 0.6 is 0 Å². The van der Waals surface area contributed by atoms with Crippen LogP contribution in [-0.2, 0) is 6.42 Å². The summed E-state index contributed by atoms with van der Waals surface area (Å²) < 4.78 is 14.9. The number of fused-ring (bicyclic) bond motifs is 1. The molecule has 22 heavy (non-hydrogen) atoms. The Morgan fingerprint density at radius 3 is 2.68 bits per heavy atom. The van der Waals surface area contributed by atoms with E-state index in [0.29, 0.717) is 5.92 Å². The molecule has 3 aromatic rings. The SMILES string of the molecule is C=C(Cc1nc2cccc(-c3ccc(F)cc3)n2n1)C1CC1. The van der Waals surface area contributed by atoms with Crippen molar-refractivity contribution in [1.29, 1.82) is 0 Å². The van der Waals surface area contributed by atoms with E-state index in [1.54, 1.807) is 12.1 Å². The molecule has 0 radical (unpaired) electrons. The number of benzene rings is 1. The number of hydrogen-bond acceptors (Lipinski definition) is 2. The Hall–Kier alpha value is -2.49. The summed E-state index contributed by atoms with van der Waals surface area (Å²) in [7, 11) is 0. The summed E-state index contributed by atoms with van der Waals surface area (Å²) in [6.07, 6.45) is 3.22. The first-order valence-corrected chi connectivity index (χ1v) is 7.49. The van der Waals surface area contributed by atoms with Gasteiger partial charge >= 0.3 is 0 Å². The topological polar surface area (TPSA) is 30.2 Å². The van der Waals surface area contributed by atoms with Gasteiger partial charge in [-0.2, -0.15) is 5.10 Å². The quantitative estimate of drug-likeness (QED) is 0.679. The van der Waals surface area contributed by atoms with Crippen LogP contribution in [0.5, 0.6) is 0 Å². The van der Waals surface area contributed by atoms with Gasteiger partial charge < -0.3 is 0 Å². The van der Waals surface area contributed by atoms with Gasteiger partial charge in [0.15, 0.2) is 11.5 Å². The summed E-state index contributed by atoms with van der Waals surface area (Å²) in [5.41, 5.74) is 3.86. The molecular weight excluding hydrogens is 277 g/mol. The Morgan fingerprint density at radius 2 is 1.95 bits per heavy atom. The first-order valence-electron chi connectivity index (χ1n) is 7.49. The number of allylic oxidation sites excluding steroid dienone is 1. The van der Waals surface area contributed by atoms with E-state index in [0.717, 1.165) is 29.1 Å². The standard InChI is InChI=1S/C18H16FN3/c1-12(13-5-6-13)11-17-20-18-4-2-3-16(22(18)21-17)14-7-9-15(19)10-8-14/h2-4,7-10,13H,1,5-6,11H2. The number of nitrogens with zero attached hydrogens (tertiary/aromatic N) is 3.